The molecule has 1 radical (unpaired) electrons. The van der Waals surface area contributed by atoms with Crippen LogP contribution in [0.4, 0.5) is 4.79 Å². The van der Waals surface area contributed by atoms with Crippen LogP contribution in [-0.2, 0) is 4.84 Å². The Kier molecular flexibility index (Phi) is 5.14. The van der Waals surface area contributed by atoms with Gasteiger partial charge in [0.2, 0.25) is 0 Å². The maximum Gasteiger partial charge on any atom is 0.446 e. The van der Waals surface area contributed by atoms with Gasteiger partial charge in [-0.2, -0.15) is 0 Å². The molecular formula is C5H9N2O2S2. The van der Waals surface area contributed by atoms with E-state index in [2.05, 4.69) is 22.8 Å². The van der Waals surface area contributed by atoms with Crippen molar-refractivity contribution < 1.29 is 9.63 Å². The molecule has 6 heteroatoms. The largest absolute Gasteiger partial charge is 0.446 e. The maximum absolute atomic E-state index is 10.6. The Morgan fingerprint density at radius 1 is 1.73 bits per heavy atom. The van der Waals surface area contributed by atoms with E-state index < -0.39 is 6.09 Å². The molecule has 0 aliphatic carbocycles. The summed E-state index contributed by atoms with van der Waals surface area (Å²) in [6.45, 7) is 1.74. The van der Waals surface area contributed by atoms with E-state index in [0.29, 0.717) is 5.04 Å². The minimum Gasteiger partial charge on any atom is -0.296 e. The summed E-state index contributed by atoms with van der Waals surface area (Å²) in [6.07, 6.45) is 1.19. The highest BCUT2D eigenvalue weighted by Crippen LogP contribution is 1.99. The van der Waals surface area contributed by atoms with Gasteiger partial charge in [0.05, 0.1) is 0 Å². The molecule has 1 amide bonds. The predicted molar refractivity (Wildman–Crippen MR) is 48.5 cm³/mol. The molecule has 0 heterocycles. The summed E-state index contributed by atoms with van der Waals surface area (Å²) in [7, 11) is 1.42. The molecule has 0 aromatic rings. The van der Waals surface area contributed by atoms with Crippen LogP contribution in [0.3, 0.4) is 0 Å². The normalized spacial score (nSPS) is 11.1. The van der Waals surface area contributed by atoms with Crippen molar-refractivity contribution in [2.45, 2.75) is 6.92 Å². The van der Waals surface area contributed by atoms with Crippen molar-refractivity contribution in [3.63, 3.8) is 0 Å². The molecule has 0 saturated carbocycles. The van der Waals surface area contributed by atoms with E-state index in [-0.39, 0.29) is 0 Å². The van der Waals surface area contributed by atoms with Crippen LogP contribution in [0.1, 0.15) is 6.92 Å². The summed E-state index contributed by atoms with van der Waals surface area (Å²) in [5.41, 5.74) is 0. The Morgan fingerprint density at radius 2 is 2.27 bits per heavy atom. The molecule has 0 bridgehead atoms. The van der Waals surface area contributed by atoms with Crippen molar-refractivity contribution in [2.24, 2.45) is 5.16 Å². The lowest BCUT2D eigenvalue weighted by molar-refractivity contribution is 0.137. The van der Waals surface area contributed by atoms with Crippen LogP contribution in [0.2, 0.25) is 0 Å². The SMILES string of the molecule is CSC(C)=NOC(=O)N(C)[S]. The van der Waals surface area contributed by atoms with Gasteiger partial charge in [0.25, 0.3) is 0 Å². The number of rotatable bonds is 1. The summed E-state index contributed by atoms with van der Waals surface area (Å²) in [5.74, 6) is 0. The summed E-state index contributed by atoms with van der Waals surface area (Å²) in [4.78, 5) is 15.1. The number of carbonyl (C=O) groups is 1. The fourth-order valence-corrected chi connectivity index (χ4v) is 0.343. The molecule has 0 unspecified atom stereocenters. The highest BCUT2D eigenvalue weighted by molar-refractivity contribution is 8.13. The highest BCUT2D eigenvalue weighted by Gasteiger charge is 2.05. The molecule has 0 aromatic heterocycles. The summed E-state index contributed by atoms with van der Waals surface area (Å²) in [6, 6.07) is 0. The van der Waals surface area contributed by atoms with Gasteiger partial charge < -0.3 is 0 Å². The van der Waals surface area contributed by atoms with Crippen molar-refractivity contribution >= 4 is 35.7 Å². The minimum atomic E-state index is -0.645. The van der Waals surface area contributed by atoms with E-state index in [4.69, 9.17) is 0 Å². The maximum atomic E-state index is 10.6. The van der Waals surface area contributed by atoms with Gasteiger partial charge in [-0.1, -0.05) is 5.16 Å². The van der Waals surface area contributed by atoms with Crippen LogP contribution in [0, 0.1) is 0 Å². The van der Waals surface area contributed by atoms with Crippen molar-refractivity contribution in [3.8, 4) is 0 Å². The Morgan fingerprint density at radius 3 is 2.64 bits per heavy atom. The number of nitrogens with zero attached hydrogens (tertiary/aromatic N) is 2. The van der Waals surface area contributed by atoms with E-state index >= 15 is 0 Å². The summed E-state index contributed by atoms with van der Waals surface area (Å²) < 4.78 is 0.900. The number of oxime groups is 1. The molecular weight excluding hydrogens is 184 g/mol. The Balaban J connectivity index is 3.78. The molecule has 0 saturated heterocycles. The number of thioether (sulfide) groups is 1. The molecule has 0 aliphatic rings. The topological polar surface area (TPSA) is 41.9 Å². The fraction of sp³-hybridized carbons (Fsp3) is 0.600. The first-order valence-corrected chi connectivity index (χ1v) is 4.37. The number of hydrogen-bond acceptors (Lipinski definition) is 4. The van der Waals surface area contributed by atoms with Gasteiger partial charge in [-0.3, -0.25) is 4.84 Å². The molecule has 0 aliphatic heterocycles. The zero-order chi connectivity index (χ0) is 8.85. The molecule has 63 valence electrons. The zero-order valence-corrected chi connectivity index (χ0v) is 8.16. The van der Waals surface area contributed by atoms with Gasteiger partial charge in [0, 0.05) is 19.9 Å². The van der Waals surface area contributed by atoms with Gasteiger partial charge in [0.15, 0.2) is 0 Å². The number of carbonyl (C=O) groups excluding carboxylic acids is 1. The fourth-order valence-electron chi connectivity index (χ4n) is 0.198. The van der Waals surface area contributed by atoms with Crippen LogP contribution in [0.5, 0.6) is 0 Å². The van der Waals surface area contributed by atoms with Crippen LogP contribution >= 0.6 is 24.6 Å². The average molecular weight is 193 g/mol. The quantitative estimate of drug-likeness (QED) is 0.276. The average Bonchev–Trinajstić information content (AvgIpc) is 1.99. The summed E-state index contributed by atoms with van der Waals surface area (Å²) >= 11 is 5.87. The van der Waals surface area contributed by atoms with E-state index in [1.165, 1.54) is 18.8 Å². The van der Waals surface area contributed by atoms with E-state index in [9.17, 15) is 4.79 Å². The Hall–Kier alpha value is -0.360. The lowest BCUT2D eigenvalue weighted by atomic mass is 10.9. The van der Waals surface area contributed by atoms with E-state index in [1.54, 1.807) is 6.92 Å². The second-order valence-electron chi connectivity index (χ2n) is 1.67. The molecule has 4 nitrogen and oxygen atoms in total. The van der Waals surface area contributed by atoms with Gasteiger partial charge in [-0.05, 0) is 13.2 Å². The first kappa shape index (κ1) is 10.6. The van der Waals surface area contributed by atoms with Crippen molar-refractivity contribution in [3.05, 3.63) is 0 Å². The third kappa shape index (κ3) is 4.97. The van der Waals surface area contributed by atoms with Crippen LogP contribution < -0.4 is 0 Å². The van der Waals surface area contributed by atoms with Crippen molar-refractivity contribution in [2.75, 3.05) is 13.3 Å². The van der Waals surface area contributed by atoms with Crippen LogP contribution in [-0.4, -0.2) is 28.7 Å². The predicted octanol–water partition coefficient (Wildman–Crippen LogP) is 1.86. The Bertz CT molecular complexity index is 170. The third-order valence-electron chi connectivity index (χ3n) is 0.805. The number of amides is 1. The number of hydrogen-bond donors (Lipinski definition) is 0. The standard InChI is InChI=1S/C5H9N2O2S2/c1-4(11-3)6-9-5(8)7(2)10/h1-3H3. The van der Waals surface area contributed by atoms with Crippen molar-refractivity contribution in [1.82, 2.24) is 4.31 Å². The molecule has 0 rings (SSSR count). The lowest BCUT2D eigenvalue weighted by Crippen LogP contribution is -2.15. The molecule has 0 N–H and O–H groups in total. The van der Waals surface area contributed by atoms with Crippen LogP contribution in [0.15, 0.2) is 5.16 Å². The monoisotopic (exact) mass is 193 g/mol. The first-order chi connectivity index (χ1) is 5.07. The molecule has 11 heavy (non-hydrogen) atoms. The molecule has 0 fully saturated rings. The highest BCUT2D eigenvalue weighted by atomic mass is 32.2. The second kappa shape index (κ2) is 5.31. The second-order valence-corrected chi connectivity index (χ2v) is 3.22. The zero-order valence-electron chi connectivity index (χ0n) is 6.53. The van der Waals surface area contributed by atoms with E-state index in [1.807, 2.05) is 6.26 Å². The first-order valence-electron chi connectivity index (χ1n) is 2.78. The molecule has 0 atom stereocenters. The lowest BCUT2D eigenvalue weighted by Gasteiger charge is -2.03. The van der Waals surface area contributed by atoms with Gasteiger partial charge in [0.1, 0.15) is 5.04 Å². The minimum absolute atomic E-state index is 0.645. The molecule has 0 spiro atoms. The molecule has 0 aromatic carbocycles. The third-order valence-corrected chi connectivity index (χ3v) is 1.62. The van der Waals surface area contributed by atoms with Gasteiger partial charge in [-0.15, -0.1) is 11.8 Å². The summed E-state index contributed by atoms with van der Waals surface area (Å²) in [5, 5.41) is 4.16. The van der Waals surface area contributed by atoms with Crippen LogP contribution in [0.25, 0.3) is 0 Å². The van der Waals surface area contributed by atoms with Gasteiger partial charge in [-0.25, -0.2) is 9.10 Å². The smallest absolute Gasteiger partial charge is 0.296 e. The van der Waals surface area contributed by atoms with Crippen molar-refractivity contribution in [1.29, 1.82) is 0 Å². The van der Waals surface area contributed by atoms with E-state index in [0.717, 1.165) is 4.31 Å². The van der Waals surface area contributed by atoms with Gasteiger partial charge >= 0.3 is 6.09 Å². The Labute approximate surface area is 75.5 Å².